The Kier molecular flexibility index (Phi) is 19.3. The van der Waals surface area contributed by atoms with Crippen molar-refractivity contribution >= 4 is 78.5 Å². The smallest absolute Gasteiger partial charge is 0.262 e. The summed E-state index contributed by atoms with van der Waals surface area (Å²) >= 11 is 0. The molecule has 0 bridgehead atoms. The average Bonchev–Trinajstić information content (AvgIpc) is 1.22. The van der Waals surface area contributed by atoms with Gasteiger partial charge in [0, 0.05) is 56.2 Å². The van der Waals surface area contributed by atoms with Crippen molar-refractivity contribution in [1.82, 2.24) is 20.4 Å². The predicted molar refractivity (Wildman–Crippen MR) is 394 cm³/mol. The minimum Gasteiger partial charge on any atom is -0.457 e. The van der Waals surface area contributed by atoms with Crippen LogP contribution in [0.1, 0.15) is 186 Å². The lowest BCUT2D eigenvalue weighted by atomic mass is 9.80. The van der Waals surface area contributed by atoms with Crippen LogP contribution in [-0.4, -0.2) is 122 Å². The highest BCUT2D eigenvalue weighted by molar-refractivity contribution is 6.45. The quantitative estimate of drug-likeness (QED) is 0.0170. The number of amides is 6. The summed E-state index contributed by atoms with van der Waals surface area (Å²) in [6.45, 7) is 31.7. The molecule has 0 radical (unpaired) electrons. The number of nitrogens with zero attached hydrogens (tertiary/aromatic N) is 2. The Labute approximate surface area is 595 Å². The van der Waals surface area contributed by atoms with Crippen LogP contribution in [0.2, 0.25) is 0 Å². The second-order valence-electron chi connectivity index (χ2n) is 31.4. The van der Waals surface area contributed by atoms with E-state index in [-0.39, 0.29) is 129 Å². The molecule has 4 heterocycles. The monoisotopic (exact) mass is 1380 g/mol. The lowest BCUT2D eigenvalue weighted by Crippen LogP contribution is -2.54. The zero-order chi connectivity index (χ0) is 72.5. The van der Waals surface area contributed by atoms with Crippen LogP contribution in [0.4, 0.5) is 0 Å². The standard InChI is InChI=1S/C84H92N4O14/c1-15-17-61(75(89)85-35-37-95-43-55-45-97-55)87-77(91)57-39-63(99-51-27-19-47(20-28-51)81(3,4)5)69-71-65(101-53-31-23-49(24-32-53)83(9,10)11)41-59-68-60(80(94)88(79(59)93)62(18-16-2)76(90)86-36-38-96-44-56-46-98-56)42-66(102-54-33-25-50(26-34-54)84(12,13)14)72(74(68)71)70-64(40-58(78(87)92)67(57)73(69)70)100-52-29-21-48(22-30-52)82(6,7)8/h19-34,39-42,55-56,61-62H,15-18,35-38,43-46H2,1-14H3,(H,85,89)(H,86,90). The van der Waals surface area contributed by atoms with Crippen molar-refractivity contribution in [1.29, 1.82) is 0 Å². The number of hydrogen-bond acceptors (Lipinski definition) is 14. The van der Waals surface area contributed by atoms with E-state index in [4.69, 9.17) is 37.9 Å². The van der Waals surface area contributed by atoms with Gasteiger partial charge in [-0.25, -0.2) is 0 Å². The molecule has 9 aromatic carbocycles. The number of benzene rings is 9. The Bertz CT molecular complexity index is 4190. The van der Waals surface area contributed by atoms with Crippen LogP contribution in [-0.2, 0) is 50.2 Å². The molecule has 2 N–H and O–H groups in total. The Morgan fingerprint density at radius 1 is 0.402 bits per heavy atom. The van der Waals surface area contributed by atoms with Crippen molar-refractivity contribution < 1.29 is 66.7 Å². The fourth-order valence-electron chi connectivity index (χ4n) is 13.8. The number of carbonyl (C=O) groups is 6. The number of fused-ring (bicyclic) bond motifs is 2. The molecule has 4 aliphatic rings. The van der Waals surface area contributed by atoms with Gasteiger partial charge >= 0.3 is 0 Å². The summed E-state index contributed by atoms with van der Waals surface area (Å²) in [6.07, 6.45) is 1.14. The largest absolute Gasteiger partial charge is 0.457 e. The maximum Gasteiger partial charge on any atom is 0.262 e. The maximum atomic E-state index is 16.3. The minimum atomic E-state index is -1.27. The van der Waals surface area contributed by atoms with E-state index in [1.54, 1.807) is 24.3 Å². The van der Waals surface area contributed by atoms with Gasteiger partial charge in [-0.05, 0) is 130 Å². The third-order valence-electron chi connectivity index (χ3n) is 19.6. The first-order valence-electron chi connectivity index (χ1n) is 35.7. The molecule has 0 saturated carbocycles. The summed E-state index contributed by atoms with van der Waals surface area (Å²) in [7, 11) is 0. The summed E-state index contributed by atoms with van der Waals surface area (Å²) in [5, 5.41) is 8.30. The van der Waals surface area contributed by atoms with Gasteiger partial charge < -0.3 is 48.5 Å². The maximum absolute atomic E-state index is 16.3. The van der Waals surface area contributed by atoms with Gasteiger partial charge in [0.25, 0.3) is 23.6 Å². The molecule has 13 rings (SSSR count). The first-order valence-corrected chi connectivity index (χ1v) is 35.7. The van der Waals surface area contributed by atoms with Gasteiger partial charge in [0.2, 0.25) is 11.8 Å². The molecule has 2 fully saturated rings. The van der Waals surface area contributed by atoms with Gasteiger partial charge in [-0.2, -0.15) is 0 Å². The Morgan fingerprint density at radius 2 is 0.647 bits per heavy atom. The summed E-state index contributed by atoms with van der Waals surface area (Å²) in [4.78, 5) is 96.6. The topological polar surface area (TPSA) is 213 Å². The number of nitrogens with one attached hydrogen (secondary N) is 2. The fourth-order valence-corrected chi connectivity index (χ4v) is 13.8. The van der Waals surface area contributed by atoms with Crippen molar-refractivity contribution in [3.8, 4) is 46.0 Å². The molecule has 6 amide bonds. The van der Waals surface area contributed by atoms with Gasteiger partial charge in [0.1, 0.15) is 70.3 Å². The van der Waals surface area contributed by atoms with Gasteiger partial charge in [-0.1, -0.05) is 158 Å². The third kappa shape index (κ3) is 14.1. The molecule has 4 atom stereocenters. The van der Waals surface area contributed by atoms with Crippen molar-refractivity contribution in [2.75, 3.05) is 52.7 Å². The highest BCUT2D eigenvalue weighted by Crippen LogP contribution is 2.58. The van der Waals surface area contributed by atoms with E-state index >= 15 is 19.2 Å². The van der Waals surface area contributed by atoms with Crippen molar-refractivity contribution in [3.05, 3.63) is 166 Å². The zero-order valence-corrected chi connectivity index (χ0v) is 61.0. The molecular formula is C84H92N4O14. The van der Waals surface area contributed by atoms with Crippen LogP contribution in [0.15, 0.2) is 121 Å². The Hall–Kier alpha value is -9.46. The molecule has 2 saturated heterocycles. The molecule has 0 spiro atoms. The van der Waals surface area contributed by atoms with Crippen LogP contribution < -0.4 is 29.6 Å². The van der Waals surface area contributed by atoms with E-state index in [2.05, 4.69) is 93.7 Å². The molecule has 18 nitrogen and oxygen atoms in total. The van der Waals surface area contributed by atoms with E-state index in [1.807, 2.05) is 111 Å². The lowest BCUT2D eigenvalue weighted by molar-refractivity contribution is -0.126. The molecule has 0 aliphatic carbocycles. The van der Waals surface area contributed by atoms with Gasteiger partial charge in [-0.15, -0.1) is 0 Å². The Morgan fingerprint density at radius 3 is 0.863 bits per heavy atom. The second-order valence-corrected chi connectivity index (χ2v) is 31.4. The van der Waals surface area contributed by atoms with E-state index in [0.29, 0.717) is 94.6 Å². The molecule has 102 heavy (non-hydrogen) atoms. The molecule has 0 aromatic heterocycles. The van der Waals surface area contributed by atoms with Gasteiger partial charge in [-0.3, -0.25) is 38.6 Å². The number of epoxide rings is 2. The minimum absolute atomic E-state index is 0.0137. The van der Waals surface area contributed by atoms with Crippen LogP contribution in [0, 0.1) is 0 Å². The van der Waals surface area contributed by atoms with Crippen LogP contribution in [0.3, 0.4) is 0 Å². The molecule has 18 heteroatoms. The SMILES string of the molecule is CCCC(C(=O)NCCOCC1CO1)N1C(=O)c2cc(Oc3ccc(C(C)(C)C)cc3)c3c4c(Oc5ccc(C(C)(C)C)cc5)cc5c6c(cc(Oc7ccc(C(C)(C)C)cc7)c(c7c(Oc8ccc(C(C)(C)C)cc8)cc(c2c37)C1=O)c64)C(=O)N(C(CCC)C(=O)NCCOCC1CO1)C5=O. The molecule has 4 unspecified atom stereocenters. The summed E-state index contributed by atoms with van der Waals surface area (Å²) < 4.78 is 51.5. The van der Waals surface area contributed by atoms with E-state index < -0.39 is 47.5 Å². The van der Waals surface area contributed by atoms with Crippen LogP contribution in [0.25, 0.3) is 43.1 Å². The first kappa shape index (κ1) is 71.0. The number of hydrogen-bond donors (Lipinski definition) is 2. The highest BCUT2D eigenvalue weighted by atomic mass is 16.6. The average molecular weight is 1380 g/mol. The van der Waals surface area contributed by atoms with Crippen LogP contribution >= 0.6 is 0 Å². The summed E-state index contributed by atoms with van der Waals surface area (Å²) in [5.41, 5.74) is 3.33. The number of ether oxygens (including phenoxy) is 8. The molecule has 4 aliphatic heterocycles. The van der Waals surface area contributed by atoms with E-state index in [1.165, 1.54) is 0 Å². The Balaban J connectivity index is 1.15. The molecular weight excluding hydrogens is 1290 g/mol. The van der Waals surface area contributed by atoms with Crippen LogP contribution in [0.5, 0.6) is 46.0 Å². The number of carbonyl (C=O) groups excluding carboxylic acids is 6. The van der Waals surface area contributed by atoms with E-state index in [0.717, 1.165) is 32.1 Å². The van der Waals surface area contributed by atoms with Crippen molar-refractivity contribution in [2.45, 2.75) is 169 Å². The second kappa shape index (κ2) is 27.7. The molecule has 532 valence electrons. The zero-order valence-electron chi connectivity index (χ0n) is 61.0. The summed E-state index contributed by atoms with van der Waals surface area (Å²) in [6, 6.07) is 34.7. The normalized spacial score (nSPS) is 16.7. The first-order chi connectivity index (χ1) is 48.5. The van der Waals surface area contributed by atoms with Crippen molar-refractivity contribution in [3.63, 3.8) is 0 Å². The van der Waals surface area contributed by atoms with Crippen molar-refractivity contribution in [2.24, 2.45) is 0 Å². The third-order valence-corrected chi connectivity index (χ3v) is 19.6. The highest BCUT2D eigenvalue weighted by Gasteiger charge is 2.46. The summed E-state index contributed by atoms with van der Waals surface area (Å²) in [5.74, 6) is -2.03. The lowest BCUT2D eigenvalue weighted by Gasteiger charge is -2.36. The number of rotatable bonds is 26. The predicted octanol–water partition coefficient (Wildman–Crippen LogP) is 16.7. The fraction of sp³-hybridized carbons (Fsp3) is 0.405. The van der Waals surface area contributed by atoms with E-state index in [9.17, 15) is 9.59 Å². The number of imide groups is 2. The van der Waals surface area contributed by atoms with Gasteiger partial charge in [0.15, 0.2) is 0 Å². The van der Waals surface area contributed by atoms with Gasteiger partial charge in [0.05, 0.1) is 61.9 Å². The molecule has 9 aromatic rings.